The maximum Gasteiger partial charge on any atom is 0.352 e. The van der Waals surface area contributed by atoms with Crippen LogP contribution < -0.4 is 5.32 Å². The molecule has 1 fully saturated rings. The zero-order valence-corrected chi connectivity index (χ0v) is 16.2. The van der Waals surface area contributed by atoms with E-state index in [4.69, 9.17) is 23.2 Å². The van der Waals surface area contributed by atoms with Gasteiger partial charge in [-0.05, 0) is 5.57 Å². The quantitative estimate of drug-likeness (QED) is 0.385. The second kappa shape index (κ2) is 7.70. The number of thioether (sulfide) groups is 2. The number of hydrogen-bond donors (Lipinski definition) is 2. The first-order valence-electron chi connectivity index (χ1n) is 6.77. The Kier molecular flexibility index (Phi) is 5.78. The number of amides is 2. The van der Waals surface area contributed by atoms with Gasteiger partial charge in [0.25, 0.3) is 11.8 Å². The summed E-state index contributed by atoms with van der Waals surface area (Å²) >= 11 is 15.1. The van der Waals surface area contributed by atoms with E-state index in [-0.39, 0.29) is 5.70 Å². The van der Waals surface area contributed by atoms with Crippen molar-refractivity contribution in [2.45, 2.75) is 20.6 Å². The molecule has 1 aromatic rings. The number of alkyl halides is 2. The zero-order valence-electron chi connectivity index (χ0n) is 12.2. The largest absolute Gasteiger partial charge is 0.477 e. The van der Waals surface area contributed by atoms with Crippen LogP contribution in [-0.4, -0.2) is 65.7 Å². The van der Waals surface area contributed by atoms with Gasteiger partial charge in [0.2, 0.25) is 0 Å². The van der Waals surface area contributed by atoms with Crippen molar-refractivity contribution >= 4 is 75.8 Å². The minimum atomic E-state index is -1.29. The summed E-state index contributed by atoms with van der Waals surface area (Å²) in [6.45, 7) is 0. The lowest BCUT2D eigenvalue weighted by atomic mass is 10.0. The Morgan fingerprint density at radius 3 is 2.88 bits per heavy atom. The molecular formula is C12H10Cl2N4O4S3. The van der Waals surface area contributed by atoms with Crippen LogP contribution in [0.25, 0.3) is 0 Å². The number of hydrogen-bond acceptors (Lipinski definition) is 8. The molecule has 2 N–H and O–H groups in total. The fourth-order valence-electron chi connectivity index (χ4n) is 2.39. The van der Waals surface area contributed by atoms with Crippen molar-refractivity contribution in [2.24, 2.45) is 0 Å². The molecule has 25 heavy (non-hydrogen) atoms. The van der Waals surface area contributed by atoms with Gasteiger partial charge in [-0.3, -0.25) is 14.5 Å². The molecule has 2 aliphatic heterocycles. The average Bonchev–Trinajstić information content (AvgIpc) is 3.09. The Morgan fingerprint density at radius 2 is 2.28 bits per heavy atom. The van der Waals surface area contributed by atoms with Crippen LogP contribution in [0, 0.1) is 0 Å². The van der Waals surface area contributed by atoms with Crippen LogP contribution in [0.15, 0.2) is 21.1 Å². The summed E-state index contributed by atoms with van der Waals surface area (Å²) in [6.07, 6.45) is 0. The number of carboxylic acids is 1. The first-order chi connectivity index (χ1) is 11.9. The summed E-state index contributed by atoms with van der Waals surface area (Å²) in [5.74, 6) is -1.53. The molecule has 1 aromatic heterocycles. The van der Waals surface area contributed by atoms with Crippen LogP contribution in [0.4, 0.5) is 0 Å². The van der Waals surface area contributed by atoms with Gasteiger partial charge in [-0.15, -0.1) is 22.0 Å². The van der Waals surface area contributed by atoms with Gasteiger partial charge in [0.15, 0.2) is 9.18 Å². The topological polar surface area (TPSA) is 112 Å². The minimum absolute atomic E-state index is 0.0374. The van der Waals surface area contributed by atoms with Gasteiger partial charge in [-0.2, -0.15) is 0 Å². The van der Waals surface area contributed by atoms with Crippen molar-refractivity contribution < 1.29 is 19.5 Å². The molecule has 1 saturated heterocycles. The number of fused-ring (bicyclic) bond motifs is 1. The molecule has 0 saturated carbocycles. The van der Waals surface area contributed by atoms with Gasteiger partial charge in [0.05, 0.1) is 0 Å². The number of carbonyl (C=O) groups excluding carboxylic acids is 2. The number of β-lactam (4-membered cyclic amide) rings is 1. The number of carboxylic acid groups (broad SMARTS) is 1. The molecule has 3 heterocycles. The number of halogens is 2. The summed E-state index contributed by atoms with van der Waals surface area (Å²) in [4.78, 5) is 35.5. The molecule has 8 nitrogen and oxygen atoms in total. The summed E-state index contributed by atoms with van der Waals surface area (Å²) in [7, 11) is 0. The normalized spacial score (nSPS) is 22.7. The van der Waals surface area contributed by atoms with E-state index in [1.807, 2.05) is 0 Å². The lowest BCUT2D eigenvalue weighted by Crippen LogP contribution is -2.71. The zero-order chi connectivity index (χ0) is 18.1. The SMILES string of the molecule is O=C(O)C1=C(CSc2nncs2)CS[C@H]2C(NC(=O)C(Cl)Cl)C(=O)N12. The van der Waals surface area contributed by atoms with Crippen molar-refractivity contribution in [3.63, 3.8) is 0 Å². The third-order valence-corrected chi connectivity index (χ3v) is 7.14. The number of rotatable bonds is 6. The first-order valence-corrected chi connectivity index (χ1v) is 10.6. The number of aliphatic carboxylic acids is 1. The molecule has 0 bridgehead atoms. The van der Waals surface area contributed by atoms with Gasteiger partial charge in [0.1, 0.15) is 22.6 Å². The Balaban J connectivity index is 1.75. The molecule has 1 unspecified atom stereocenters. The van der Waals surface area contributed by atoms with E-state index in [1.165, 1.54) is 39.8 Å². The highest BCUT2D eigenvalue weighted by Gasteiger charge is 2.54. The summed E-state index contributed by atoms with van der Waals surface area (Å²) in [6, 6.07) is -0.829. The number of nitrogens with one attached hydrogen (secondary N) is 1. The molecule has 0 spiro atoms. The fraction of sp³-hybridized carbons (Fsp3) is 0.417. The summed E-state index contributed by atoms with van der Waals surface area (Å²) in [5.41, 5.74) is 2.18. The summed E-state index contributed by atoms with van der Waals surface area (Å²) < 4.78 is 0.722. The molecular weight excluding hydrogens is 431 g/mol. The van der Waals surface area contributed by atoms with Crippen molar-refractivity contribution in [2.75, 3.05) is 11.5 Å². The number of aromatic nitrogens is 2. The Morgan fingerprint density at radius 1 is 1.52 bits per heavy atom. The van der Waals surface area contributed by atoms with E-state index >= 15 is 0 Å². The molecule has 2 atom stereocenters. The van der Waals surface area contributed by atoms with Crippen LogP contribution in [-0.2, 0) is 14.4 Å². The predicted molar refractivity (Wildman–Crippen MR) is 95.8 cm³/mol. The average molecular weight is 441 g/mol. The molecule has 3 rings (SSSR count). The van der Waals surface area contributed by atoms with E-state index < -0.39 is 34.0 Å². The monoisotopic (exact) mass is 440 g/mol. The standard InChI is InChI=1S/C12H10Cl2N4O4S3/c13-7(14)8(19)16-5-9(20)18-6(11(21)22)4(1-23-10(5)18)2-24-12-17-15-3-25-12/h3,5,7,10H,1-2H2,(H,16,19)(H,21,22)/t5?,10-/m0/s1. The molecule has 2 aliphatic rings. The lowest BCUT2D eigenvalue weighted by Gasteiger charge is -2.49. The van der Waals surface area contributed by atoms with Gasteiger partial charge < -0.3 is 10.4 Å². The highest BCUT2D eigenvalue weighted by Crippen LogP contribution is 2.41. The smallest absolute Gasteiger partial charge is 0.352 e. The Hall–Kier alpha value is -1.01. The van der Waals surface area contributed by atoms with Gasteiger partial charge in [-0.25, -0.2) is 4.79 Å². The van der Waals surface area contributed by atoms with Gasteiger partial charge >= 0.3 is 5.97 Å². The third kappa shape index (κ3) is 3.75. The van der Waals surface area contributed by atoms with Crippen molar-refractivity contribution in [1.82, 2.24) is 20.4 Å². The third-order valence-electron chi connectivity index (χ3n) is 3.46. The maximum absolute atomic E-state index is 12.3. The molecule has 0 radical (unpaired) electrons. The number of carbonyl (C=O) groups is 3. The van der Waals surface area contributed by atoms with Crippen LogP contribution in [0.1, 0.15) is 0 Å². The van der Waals surface area contributed by atoms with Crippen LogP contribution in [0.3, 0.4) is 0 Å². The van der Waals surface area contributed by atoms with E-state index in [0.29, 0.717) is 17.1 Å². The molecule has 2 amide bonds. The molecule has 134 valence electrons. The van der Waals surface area contributed by atoms with Crippen LogP contribution in [0.2, 0.25) is 0 Å². The Bertz CT molecular complexity index is 743. The van der Waals surface area contributed by atoms with Crippen LogP contribution in [0.5, 0.6) is 0 Å². The van der Waals surface area contributed by atoms with E-state index in [2.05, 4.69) is 15.5 Å². The van der Waals surface area contributed by atoms with E-state index in [9.17, 15) is 19.5 Å². The minimum Gasteiger partial charge on any atom is -0.477 e. The molecule has 0 aliphatic carbocycles. The van der Waals surface area contributed by atoms with Crippen molar-refractivity contribution in [1.29, 1.82) is 0 Å². The van der Waals surface area contributed by atoms with Gasteiger partial charge in [-0.1, -0.05) is 46.3 Å². The fourth-order valence-corrected chi connectivity index (χ4v) is 5.48. The van der Waals surface area contributed by atoms with Crippen molar-refractivity contribution in [3.8, 4) is 0 Å². The highest BCUT2D eigenvalue weighted by atomic mass is 35.5. The summed E-state index contributed by atoms with van der Waals surface area (Å²) in [5, 5.41) is 19.1. The molecule has 13 heteroatoms. The highest BCUT2D eigenvalue weighted by molar-refractivity contribution is 8.01. The predicted octanol–water partition coefficient (Wildman–Crippen LogP) is 1.17. The Labute approximate surface area is 164 Å². The maximum atomic E-state index is 12.3. The van der Waals surface area contributed by atoms with E-state index in [0.717, 1.165) is 4.34 Å². The van der Waals surface area contributed by atoms with Crippen molar-refractivity contribution in [3.05, 3.63) is 16.8 Å². The number of nitrogens with zero attached hydrogens (tertiary/aromatic N) is 3. The van der Waals surface area contributed by atoms with Gasteiger partial charge in [0, 0.05) is 11.5 Å². The first kappa shape index (κ1) is 18.8. The van der Waals surface area contributed by atoms with Crippen LogP contribution >= 0.6 is 58.1 Å². The second-order valence-electron chi connectivity index (χ2n) is 4.95. The van der Waals surface area contributed by atoms with E-state index in [1.54, 1.807) is 5.51 Å². The lowest BCUT2D eigenvalue weighted by molar-refractivity contribution is -0.150. The second-order valence-corrected chi connectivity index (χ2v) is 9.20. The molecule has 0 aromatic carbocycles.